The Morgan fingerprint density at radius 2 is 1.90 bits per heavy atom. The minimum absolute atomic E-state index is 0.557. The molecule has 0 atom stereocenters. The van der Waals surface area contributed by atoms with Crippen LogP contribution < -0.4 is 10.1 Å². The summed E-state index contributed by atoms with van der Waals surface area (Å²) < 4.78 is 14.2. The van der Waals surface area contributed by atoms with Crippen LogP contribution in [0, 0.1) is 0 Å². The summed E-state index contributed by atoms with van der Waals surface area (Å²) in [6.45, 7) is 1.20. The van der Waals surface area contributed by atoms with Crippen molar-refractivity contribution < 1.29 is 9.47 Å². The number of methoxy groups -OCH3 is 1. The number of nitrogens with one attached hydrogen (secondary N) is 2. The minimum Gasteiger partial charge on any atom is -0.457 e. The van der Waals surface area contributed by atoms with Crippen molar-refractivity contribution in [2.45, 2.75) is 6.54 Å². The second-order valence-corrected chi connectivity index (χ2v) is 7.82. The summed E-state index contributed by atoms with van der Waals surface area (Å²) in [4.78, 5) is 12.6. The first kappa shape index (κ1) is 19.6. The number of hydrogen-bond acceptors (Lipinski definition) is 5. The van der Waals surface area contributed by atoms with E-state index >= 15 is 0 Å². The molecule has 3 aromatic heterocycles. The van der Waals surface area contributed by atoms with Gasteiger partial charge in [0.15, 0.2) is 0 Å². The van der Waals surface area contributed by atoms with Crippen molar-refractivity contribution in [2.75, 3.05) is 19.0 Å². The third-order valence-corrected chi connectivity index (χ3v) is 5.39. The molecule has 0 aliphatic heterocycles. The van der Waals surface area contributed by atoms with Gasteiger partial charge in [-0.25, -0.2) is 9.97 Å². The molecule has 2 aromatic carbocycles. The number of fused-ring (bicyclic) bond motifs is 2. The highest BCUT2D eigenvalue weighted by Gasteiger charge is 2.15. The van der Waals surface area contributed by atoms with E-state index in [2.05, 4.69) is 35.8 Å². The zero-order valence-electron chi connectivity index (χ0n) is 16.8. The Labute approximate surface area is 187 Å². The number of pyridine rings is 1. The quantitative estimate of drug-likeness (QED) is 0.287. The van der Waals surface area contributed by atoms with Gasteiger partial charge in [-0.2, -0.15) is 0 Å². The Hall–Kier alpha value is -3.36. The highest BCUT2D eigenvalue weighted by Crippen LogP contribution is 2.31. The van der Waals surface area contributed by atoms with Crippen LogP contribution in [0.1, 0.15) is 0 Å². The van der Waals surface area contributed by atoms with E-state index in [0.29, 0.717) is 19.1 Å². The van der Waals surface area contributed by atoms with E-state index in [1.807, 2.05) is 66.9 Å². The molecule has 3 heterocycles. The summed E-state index contributed by atoms with van der Waals surface area (Å²) in [6.07, 6.45) is 1.90. The normalized spacial score (nSPS) is 11.3. The van der Waals surface area contributed by atoms with Gasteiger partial charge in [-0.15, -0.1) is 0 Å². The number of hydrogen-bond donors (Lipinski definition) is 2. The summed E-state index contributed by atoms with van der Waals surface area (Å²) in [5.41, 5.74) is 4.47. The van der Waals surface area contributed by atoms with Crippen LogP contribution in [-0.4, -0.2) is 33.2 Å². The average molecular weight is 478 g/mol. The third kappa shape index (κ3) is 3.99. The Bertz CT molecular complexity index is 1350. The van der Waals surface area contributed by atoms with Gasteiger partial charge >= 0.3 is 0 Å². The van der Waals surface area contributed by atoms with Gasteiger partial charge < -0.3 is 24.3 Å². The number of anilines is 2. The Balaban J connectivity index is 1.54. The number of ether oxygens (including phenoxy) is 2. The van der Waals surface area contributed by atoms with E-state index < -0.39 is 0 Å². The first-order valence-electron chi connectivity index (χ1n) is 9.84. The van der Waals surface area contributed by atoms with Crippen molar-refractivity contribution in [3.63, 3.8) is 0 Å². The highest BCUT2D eigenvalue weighted by molar-refractivity contribution is 9.10. The number of rotatable bonds is 7. The fourth-order valence-corrected chi connectivity index (χ4v) is 3.80. The van der Waals surface area contributed by atoms with Crippen LogP contribution in [0.25, 0.3) is 22.1 Å². The minimum atomic E-state index is 0.557. The smallest absolute Gasteiger partial charge is 0.208 e. The van der Waals surface area contributed by atoms with E-state index in [-0.39, 0.29) is 0 Å². The molecule has 0 radical (unpaired) electrons. The van der Waals surface area contributed by atoms with E-state index in [4.69, 9.17) is 14.5 Å². The van der Waals surface area contributed by atoms with Gasteiger partial charge in [0.1, 0.15) is 21.6 Å². The molecule has 5 rings (SSSR count). The molecule has 0 aliphatic rings. The predicted molar refractivity (Wildman–Crippen MR) is 125 cm³/mol. The number of aromatic nitrogens is 4. The second-order valence-electron chi connectivity index (χ2n) is 7.00. The number of aromatic amines is 1. The molecular formula is C23H20BrN5O2. The van der Waals surface area contributed by atoms with Crippen molar-refractivity contribution in [1.29, 1.82) is 0 Å². The Kier molecular flexibility index (Phi) is 5.31. The molecule has 2 N–H and O–H groups in total. The van der Waals surface area contributed by atoms with Crippen LogP contribution in [0.2, 0.25) is 0 Å². The molecule has 7 nitrogen and oxygen atoms in total. The zero-order valence-corrected chi connectivity index (χ0v) is 18.4. The summed E-state index contributed by atoms with van der Waals surface area (Å²) in [6, 6.07) is 19.5. The molecule has 0 amide bonds. The van der Waals surface area contributed by atoms with Crippen LogP contribution in [0.15, 0.2) is 71.5 Å². The van der Waals surface area contributed by atoms with Gasteiger partial charge in [-0.3, -0.25) is 0 Å². The number of nitrogens with zero attached hydrogens (tertiary/aromatic N) is 3. The predicted octanol–water partition coefficient (Wildman–Crippen LogP) is 5.86. The largest absolute Gasteiger partial charge is 0.457 e. The first-order chi connectivity index (χ1) is 15.2. The lowest BCUT2D eigenvalue weighted by molar-refractivity contribution is 0.189. The average Bonchev–Trinajstić information content (AvgIpc) is 3.33. The van der Waals surface area contributed by atoms with Gasteiger partial charge in [-0.05, 0) is 52.3 Å². The maximum Gasteiger partial charge on any atom is 0.208 e. The second kappa shape index (κ2) is 8.41. The van der Waals surface area contributed by atoms with Crippen LogP contribution >= 0.6 is 15.9 Å². The van der Waals surface area contributed by atoms with Crippen LogP contribution in [0.4, 0.5) is 11.6 Å². The van der Waals surface area contributed by atoms with E-state index in [1.54, 1.807) is 7.11 Å². The van der Waals surface area contributed by atoms with Gasteiger partial charge in [-0.1, -0.05) is 18.2 Å². The molecule has 0 aliphatic carbocycles. The molecule has 0 saturated carbocycles. The molecule has 0 bridgehead atoms. The lowest BCUT2D eigenvalue weighted by Crippen LogP contribution is -2.08. The number of benzene rings is 2. The lowest BCUT2D eigenvalue weighted by Gasteiger charge is -2.10. The molecule has 0 saturated heterocycles. The molecule has 5 aromatic rings. The van der Waals surface area contributed by atoms with E-state index in [1.165, 1.54) is 0 Å². The van der Waals surface area contributed by atoms with Crippen molar-refractivity contribution >= 4 is 49.6 Å². The topological polar surface area (TPSA) is 77.0 Å². The van der Waals surface area contributed by atoms with Gasteiger partial charge in [0.05, 0.1) is 28.8 Å². The summed E-state index contributed by atoms with van der Waals surface area (Å²) in [5, 5.41) is 3.43. The summed E-state index contributed by atoms with van der Waals surface area (Å²) in [7, 11) is 1.69. The summed E-state index contributed by atoms with van der Waals surface area (Å²) in [5.74, 6) is 2.26. The Morgan fingerprint density at radius 1 is 1.03 bits per heavy atom. The Morgan fingerprint density at radius 3 is 2.74 bits per heavy atom. The van der Waals surface area contributed by atoms with Gasteiger partial charge in [0, 0.05) is 25.9 Å². The molecule has 156 valence electrons. The fraction of sp³-hybridized carbons (Fsp3) is 0.130. The number of H-pyrrole nitrogens is 1. The molecule has 0 fully saturated rings. The van der Waals surface area contributed by atoms with Crippen molar-refractivity contribution in [2.24, 2.45) is 0 Å². The maximum absolute atomic E-state index is 6.02. The zero-order chi connectivity index (χ0) is 21.2. The van der Waals surface area contributed by atoms with Gasteiger partial charge in [0.25, 0.3) is 0 Å². The van der Waals surface area contributed by atoms with Crippen molar-refractivity contribution in [3.8, 4) is 11.5 Å². The third-order valence-electron chi connectivity index (χ3n) is 4.95. The maximum atomic E-state index is 6.02. The number of halogens is 1. The van der Waals surface area contributed by atoms with Crippen LogP contribution in [0.3, 0.4) is 0 Å². The standard InChI is InChI=1S/C23H20BrN5O2/c1-30-12-11-29-20-13-16(31-15-5-3-2-4-6-15)7-8-17(20)26-23(29)27-19-14-25-18-9-10-21(24)28-22(18)19/h2-10,13-14,25H,11-12H2,1H3,(H,26,27). The fourth-order valence-electron chi connectivity index (χ4n) is 3.49. The molecule has 0 unspecified atom stereocenters. The first-order valence-corrected chi connectivity index (χ1v) is 10.6. The molecular weight excluding hydrogens is 458 g/mol. The van der Waals surface area contributed by atoms with Crippen LogP contribution in [-0.2, 0) is 11.3 Å². The highest BCUT2D eigenvalue weighted by atomic mass is 79.9. The van der Waals surface area contributed by atoms with Crippen molar-refractivity contribution in [3.05, 3.63) is 71.5 Å². The lowest BCUT2D eigenvalue weighted by atomic mass is 10.3. The summed E-state index contributed by atoms with van der Waals surface area (Å²) >= 11 is 3.44. The van der Waals surface area contributed by atoms with Crippen molar-refractivity contribution in [1.82, 2.24) is 19.5 Å². The number of imidazole rings is 1. The monoisotopic (exact) mass is 477 g/mol. The molecule has 8 heteroatoms. The molecule has 0 spiro atoms. The molecule has 31 heavy (non-hydrogen) atoms. The van der Waals surface area contributed by atoms with Gasteiger partial charge in [0.2, 0.25) is 5.95 Å². The van der Waals surface area contributed by atoms with Crippen LogP contribution in [0.5, 0.6) is 11.5 Å². The van der Waals surface area contributed by atoms with E-state index in [0.717, 1.165) is 43.9 Å². The SMILES string of the molecule is COCCn1c(Nc2c[nH]c3ccc(Br)nc23)nc2ccc(Oc3ccccc3)cc21. The van der Waals surface area contributed by atoms with E-state index in [9.17, 15) is 0 Å². The number of para-hydroxylation sites is 1.